The molecule has 68 heavy (non-hydrogen) atoms. The van der Waals surface area contributed by atoms with E-state index in [1.165, 1.54) is 9.48 Å². The lowest BCUT2D eigenvalue weighted by Gasteiger charge is -2.39. The SMILES string of the molecule is C=CCN1CCN(C(c2ccc(-c3nnn(CC(=O)OCC)n3)cc2)c2cccc(O)c2)CC1.C=CCN1CCN(C(c2ccc(-c3nnnn3CC(=O)OCC)cc2)c2cccc(O)c2)CC1. The van der Waals surface area contributed by atoms with Crippen LogP contribution in [0.15, 0.2) is 122 Å². The number of piperazine rings is 2. The second-order valence-electron chi connectivity index (χ2n) is 16.4. The molecule has 2 unspecified atom stereocenters. The van der Waals surface area contributed by atoms with Crippen LogP contribution >= 0.6 is 0 Å². The third kappa shape index (κ3) is 12.9. The summed E-state index contributed by atoms with van der Waals surface area (Å²) < 4.78 is 11.4. The Morgan fingerprint density at radius 3 is 1.57 bits per heavy atom. The van der Waals surface area contributed by atoms with Gasteiger partial charge in [-0.05, 0) is 76.0 Å². The summed E-state index contributed by atoms with van der Waals surface area (Å²) in [5.74, 6) is 0.680. The summed E-state index contributed by atoms with van der Waals surface area (Å²) in [5.41, 5.74) is 5.93. The molecule has 0 spiro atoms. The standard InChI is InChI=1S/2C25H30N6O3/c1-3-12-29-13-15-30(16-14-29)24(21-6-5-7-22(32)17-21)19-8-10-20(11-9-19)25-26-27-28-31(25)18-23(33)34-4-2;1-3-12-29-13-15-30(16-14-29)24(21-6-5-7-22(32)17-21)19-8-10-20(11-9-19)25-26-28-31(27-25)18-23(33)34-4-2/h2*3,5-11,17,24,32H,1,4,12-16,18H2,2H3. The van der Waals surface area contributed by atoms with Crippen molar-refractivity contribution in [2.75, 3.05) is 78.7 Å². The van der Waals surface area contributed by atoms with Gasteiger partial charge in [-0.3, -0.25) is 24.4 Å². The van der Waals surface area contributed by atoms with Gasteiger partial charge in [-0.1, -0.05) is 84.9 Å². The Morgan fingerprint density at radius 1 is 0.618 bits per heavy atom. The van der Waals surface area contributed by atoms with E-state index in [0.29, 0.717) is 24.9 Å². The van der Waals surface area contributed by atoms with E-state index in [0.717, 1.165) is 98.8 Å². The molecule has 18 heteroatoms. The average molecular weight is 925 g/mol. The molecule has 6 aromatic rings. The number of hydrogen-bond donors (Lipinski definition) is 2. The van der Waals surface area contributed by atoms with E-state index in [2.05, 4.69) is 94.0 Å². The van der Waals surface area contributed by atoms with E-state index in [1.54, 1.807) is 26.0 Å². The van der Waals surface area contributed by atoms with Gasteiger partial charge in [0.15, 0.2) is 12.4 Å². The van der Waals surface area contributed by atoms with Crippen molar-refractivity contribution in [1.29, 1.82) is 0 Å². The topological polar surface area (TPSA) is 193 Å². The summed E-state index contributed by atoms with van der Waals surface area (Å²) >= 11 is 0. The van der Waals surface area contributed by atoms with Crippen molar-refractivity contribution < 1.29 is 29.3 Å². The van der Waals surface area contributed by atoms with Gasteiger partial charge in [0.25, 0.3) is 0 Å². The Hall–Kier alpha value is -7.12. The van der Waals surface area contributed by atoms with Gasteiger partial charge in [-0.15, -0.1) is 28.5 Å². The third-order valence-electron chi connectivity index (χ3n) is 11.8. The minimum Gasteiger partial charge on any atom is -0.508 e. The molecule has 8 rings (SSSR count). The summed E-state index contributed by atoms with van der Waals surface area (Å²) in [5, 5.41) is 44.3. The van der Waals surface area contributed by atoms with E-state index < -0.39 is 5.97 Å². The molecule has 0 bridgehead atoms. The van der Waals surface area contributed by atoms with Crippen molar-refractivity contribution in [3.05, 3.63) is 145 Å². The maximum absolute atomic E-state index is 11.9. The minimum absolute atomic E-state index is 0.00237. The zero-order valence-electron chi connectivity index (χ0n) is 38.8. The van der Waals surface area contributed by atoms with Crippen LogP contribution in [-0.2, 0) is 32.2 Å². The molecule has 2 aliphatic rings. The molecule has 0 aliphatic carbocycles. The molecule has 2 atom stereocenters. The van der Waals surface area contributed by atoms with E-state index in [-0.39, 0.29) is 42.6 Å². The highest BCUT2D eigenvalue weighted by molar-refractivity contribution is 5.70. The number of nitrogens with zero attached hydrogens (tertiary/aromatic N) is 12. The van der Waals surface area contributed by atoms with Gasteiger partial charge in [0.2, 0.25) is 5.82 Å². The maximum atomic E-state index is 11.9. The second-order valence-corrected chi connectivity index (χ2v) is 16.4. The quantitative estimate of drug-likeness (QED) is 0.0863. The van der Waals surface area contributed by atoms with Crippen LogP contribution in [0.3, 0.4) is 0 Å². The van der Waals surface area contributed by atoms with Crippen LogP contribution in [0.2, 0.25) is 0 Å². The Labute approximate surface area is 396 Å². The van der Waals surface area contributed by atoms with Crippen molar-refractivity contribution in [2.45, 2.75) is 39.0 Å². The highest BCUT2D eigenvalue weighted by Gasteiger charge is 2.28. The number of phenols is 2. The summed E-state index contributed by atoms with van der Waals surface area (Å²) in [4.78, 5) is 34.4. The number of hydrogen-bond acceptors (Lipinski definition) is 16. The molecule has 2 saturated heterocycles. The highest BCUT2D eigenvalue weighted by Crippen LogP contribution is 2.34. The Bertz CT molecular complexity index is 2570. The molecule has 2 fully saturated rings. The van der Waals surface area contributed by atoms with Crippen LogP contribution in [0.25, 0.3) is 22.8 Å². The van der Waals surface area contributed by atoms with Gasteiger partial charge in [0.05, 0.1) is 25.3 Å². The monoisotopic (exact) mass is 924 g/mol. The molecule has 4 aromatic carbocycles. The summed E-state index contributed by atoms with van der Waals surface area (Å²) in [6.45, 7) is 21.0. The number of aromatic hydroxyl groups is 2. The molecular formula is C50H60N12O6. The molecular weight excluding hydrogens is 865 g/mol. The van der Waals surface area contributed by atoms with Gasteiger partial charge >= 0.3 is 11.9 Å². The number of benzene rings is 4. The first-order chi connectivity index (χ1) is 33.2. The van der Waals surface area contributed by atoms with Crippen molar-refractivity contribution in [3.8, 4) is 34.3 Å². The van der Waals surface area contributed by atoms with Gasteiger partial charge in [-0.25, -0.2) is 9.48 Å². The van der Waals surface area contributed by atoms with Crippen LogP contribution in [0.4, 0.5) is 0 Å². The molecule has 18 nitrogen and oxygen atoms in total. The number of carbonyl (C=O) groups is 2. The number of phenolic OH excluding ortho intramolecular Hbond substituents is 2. The van der Waals surface area contributed by atoms with Crippen molar-refractivity contribution in [3.63, 3.8) is 0 Å². The lowest BCUT2D eigenvalue weighted by atomic mass is 9.95. The number of rotatable bonds is 18. The molecule has 2 aliphatic heterocycles. The molecule has 2 N–H and O–H groups in total. The average Bonchev–Trinajstić information content (AvgIpc) is 4.01. The van der Waals surface area contributed by atoms with Crippen molar-refractivity contribution >= 4 is 11.9 Å². The largest absolute Gasteiger partial charge is 0.508 e. The van der Waals surface area contributed by atoms with Crippen LogP contribution in [0.1, 0.15) is 48.2 Å². The number of ether oxygens (including phenoxy) is 2. The van der Waals surface area contributed by atoms with Crippen LogP contribution in [-0.4, -0.2) is 161 Å². The summed E-state index contributed by atoms with van der Waals surface area (Å²) in [7, 11) is 0. The molecule has 4 heterocycles. The van der Waals surface area contributed by atoms with E-state index in [1.807, 2.05) is 66.7 Å². The highest BCUT2D eigenvalue weighted by atomic mass is 16.5. The lowest BCUT2D eigenvalue weighted by molar-refractivity contribution is -0.145. The van der Waals surface area contributed by atoms with Crippen molar-refractivity contribution in [2.24, 2.45) is 0 Å². The number of aromatic nitrogens is 8. The van der Waals surface area contributed by atoms with Crippen molar-refractivity contribution in [1.82, 2.24) is 60.0 Å². The zero-order chi connectivity index (χ0) is 47.8. The minimum atomic E-state index is -0.399. The third-order valence-corrected chi connectivity index (χ3v) is 11.8. The fraction of sp³-hybridized carbons (Fsp3) is 0.360. The molecule has 0 amide bonds. The predicted molar refractivity (Wildman–Crippen MR) is 256 cm³/mol. The fourth-order valence-corrected chi connectivity index (χ4v) is 8.61. The normalized spacial score (nSPS) is 15.7. The van der Waals surface area contributed by atoms with Gasteiger partial charge < -0.3 is 19.7 Å². The molecule has 356 valence electrons. The smallest absolute Gasteiger partial charge is 0.329 e. The summed E-state index contributed by atoms with van der Waals surface area (Å²) in [6, 6.07) is 31.0. The predicted octanol–water partition coefficient (Wildman–Crippen LogP) is 5.00. The summed E-state index contributed by atoms with van der Waals surface area (Å²) in [6.07, 6.45) is 3.88. The first-order valence-electron chi connectivity index (χ1n) is 22.9. The van der Waals surface area contributed by atoms with E-state index >= 15 is 0 Å². The first-order valence-corrected chi connectivity index (χ1v) is 22.9. The second kappa shape index (κ2) is 24.1. The van der Waals surface area contributed by atoms with Gasteiger partial charge in [0, 0.05) is 76.6 Å². The van der Waals surface area contributed by atoms with Crippen LogP contribution in [0.5, 0.6) is 11.5 Å². The number of esters is 2. The maximum Gasteiger partial charge on any atom is 0.329 e. The zero-order valence-corrected chi connectivity index (χ0v) is 38.8. The van der Waals surface area contributed by atoms with Gasteiger partial charge in [0.1, 0.15) is 18.0 Å². The Balaban J connectivity index is 0.000000201. The number of carbonyl (C=O) groups excluding carboxylic acids is 2. The molecule has 0 radical (unpaired) electrons. The fourth-order valence-electron chi connectivity index (χ4n) is 8.61. The Morgan fingerprint density at radius 2 is 1.10 bits per heavy atom. The van der Waals surface area contributed by atoms with E-state index in [4.69, 9.17) is 9.47 Å². The van der Waals surface area contributed by atoms with Gasteiger partial charge in [-0.2, -0.15) is 4.80 Å². The lowest BCUT2D eigenvalue weighted by Crippen LogP contribution is -2.47. The molecule has 0 saturated carbocycles. The first kappa shape index (κ1) is 48.8. The van der Waals surface area contributed by atoms with Crippen LogP contribution in [0, 0.1) is 0 Å². The Kier molecular flexibility index (Phi) is 17.3. The number of tetrazole rings is 2. The molecule has 2 aromatic heterocycles. The van der Waals surface area contributed by atoms with E-state index in [9.17, 15) is 19.8 Å². The van der Waals surface area contributed by atoms with Crippen LogP contribution < -0.4 is 0 Å².